The Hall–Kier alpha value is -3.10. The van der Waals surface area contributed by atoms with Gasteiger partial charge in [-0.05, 0) is 36.4 Å². The van der Waals surface area contributed by atoms with Gasteiger partial charge in [-0.1, -0.05) is 12.1 Å². The number of alkyl halides is 3. The van der Waals surface area contributed by atoms with Gasteiger partial charge in [0.25, 0.3) is 0 Å². The van der Waals surface area contributed by atoms with Crippen molar-refractivity contribution in [1.82, 2.24) is 4.90 Å². The predicted molar refractivity (Wildman–Crippen MR) is 107 cm³/mol. The van der Waals surface area contributed by atoms with Crippen LogP contribution in [0.5, 0.6) is 0 Å². The summed E-state index contributed by atoms with van der Waals surface area (Å²) in [5.41, 5.74) is 0.190. The minimum atomic E-state index is -4.41. The lowest BCUT2D eigenvalue weighted by Gasteiger charge is -2.37. The fourth-order valence-corrected chi connectivity index (χ4v) is 4.09. The number of hydrogen-bond donors (Lipinski definition) is 0. The first-order valence-electron chi connectivity index (χ1n) is 9.99. The molecule has 0 saturated carbocycles. The number of carbonyl (C=O) groups is 2. The van der Waals surface area contributed by atoms with E-state index < -0.39 is 23.5 Å². The van der Waals surface area contributed by atoms with Crippen LogP contribution in [0.25, 0.3) is 0 Å². The van der Waals surface area contributed by atoms with Crippen molar-refractivity contribution >= 4 is 23.2 Å². The van der Waals surface area contributed by atoms with Crippen molar-refractivity contribution in [3.8, 4) is 0 Å². The summed E-state index contributed by atoms with van der Waals surface area (Å²) < 4.78 is 52.4. The lowest BCUT2D eigenvalue weighted by molar-refractivity contribution is -0.137. The zero-order valence-electron chi connectivity index (χ0n) is 16.6. The van der Waals surface area contributed by atoms with Crippen LogP contribution in [-0.2, 0) is 15.8 Å². The molecule has 1 atom stereocenters. The van der Waals surface area contributed by atoms with Crippen LogP contribution in [0.15, 0.2) is 48.5 Å². The summed E-state index contributed by atoms with van der Waals surface area (Å²) >= 11 is 0. The van der Waals surface area contributed by atoms with E-state index in [1.54, 1.807) is 17.0 Å². The molecular formula is C22H21F4N3O2. The number of benzene rings is 2. The molecule has 2 heterocycles. The number of carbonyl (C=O) groups excluding carboxylic acids is 2. The minimum Gasteiger partial charge on any atom is -0.368 e. The Bertz CT molecular complexity index is 987. The SMILES string of the molecule is O=C([C@@H]1CC(=O)N(c2cccc(F)c2)C1)N1CCN(c2cccc(C(F)(F)F)c2)CC1. The standard InChI is InChI=1S/C22H21F4N3O2/c23-17-4-2-6-19(13-17)29-14-15(11-20(29)30)21(31)28-9-7-27(8-10-28)18-5-1-3-16(12-18)22(24,25)26/h1-6,12-13,15H,7-11,14H2/t15-/m1/s1. The largest absolute Gasteiger partial charge is 0.416 e. The molecule has 5 nitrogen and oxygen atoms in total. The number of hydrogen-bond acceptors (Lipinski definition) is 3. The maximum atomic E-state index is 13.5. The van der Waals surface area contributed by atoms with Gasteiger partial charge < -0.3 is 14.7 Å². The van der Waals surface area contributed by atoms with Crippen LogP contribution in [0.2, 0.25) is 0 Å². The molecule has 0 bridgehead atoms. The molecule has 31 heavy (non-hydrogen) atoms. The van der Waals surface area contributed by atoms with Gasteiger partial charge in [-0.3, -0.25) is 9.59 Å². The topological polar surface area (TPSA) is 43.9 Å². The lowest BCUT2D eigenvalue weighted by atomic mass is 10.1. The summed E-state index contributed by atoms with van der Waals surface area (Å²) in [5.74, 6) is -1.36. The van der Waals surface area contributed by atoms with E-state index in [0.29, 0.717) is 37.6 Å². The first-order chi connectivity index (χ1) is 14.7. The zero-order chi connectivity index (χ0) is 22.2. The van der Waals surface area contributed by atoms with Gasteiger partial charge in [-0.15, -0.1) is 0 Å². The van der Waals surface area contributed by atoms with Gasteiger partial charge in [-0.2, -0.15) is 13.2 Å². The zero-order valence-corrected chi connectivity index (χ0v) is 16.6. The molecule has 0 N–H and O–H groups in total. The Kier molecular flexibility index (Phi) is 5.60. The molecule has 2 fully saturated rings. The number of halogens is 4. The number of amides is 2. The highest BCUT2D eigenvalue weighted by molar-refractivity contribution is 6.00. The van der Waals surface area contributed by atoms with Gasteiger partial charge in [0, 0.05) is 50.5 Å². The maximum absolute atomic E-state index is 13.5. The highest BCUT2D eigenvalue weighted by Gasteiger charge is 2.38. The van der Waals surface area contributed by atoms with E-state index in [4.69, 9.17) is 0 Å². The predicted octanol–water partition coefficient (Wildman–Crippen LogP) is 3.55. The van der Waals surface area contributed by atoms with E-state index >= 15 is 0 Å². The maximum Gasteiger partial charge on any atom is 0.416 e. The van der Waals surface area contributed by atoms with Crippen LogP contribution in [0.4, 0.5) is 28.9 Å². The molecular weight excluding hydrogens is 414 g/mol. The van der Waals surface area contributed by atoms with E-state index in [1.165, 1.54) is 29.2 Å². The van der Waals surface area contributed by atoms with Crippen LogP contribution in [-0.4, -0.2) is 49.4 Å². The second-order valence-electron chi connectivity index (χ2n) is 7.75. The molecule has 0 spiro atoms. The van der Waals surface area contributed by atoms with Gasteiger partial charge in [-0.25, -0.2) is 4.39 Å². The van der Waals surface area contributed by atoms with Crippen LogP contribution < -0.4 is 9.80 Å². The molecule has 2 aromatic rings. The number of piperazine rings is 1. The third-order valence-electron chi connectivity index (χ3n) is 5.72. The monoisotopic (exact) mass is 435 g/mol. The van der Waals surface area contributed by atoms with E-state index in [1.807, 2.05) is 4.90 Å². The number of nitrogens with zero attached hydrogens (tertiary/aromatic N) is 3. The highest BCUT2D eigenvalue weighted by Crippen LogP contribution is 2.32. The van der Waals surface area contributed by atoms with Gasteiger partial charge >= 0.3 is 6.18 Å². The van der Waals surface area contributed by atoms with Crippen molar-refractivity contribution in [2.75, 3.05) is 42.5 Å². The Morgan fingerprint density at radius 1 is 0.935 bits per heavy atom. The fraction of sp³-hybridized carbons (Fsp3) is 0.364. The van der Waals surface area contributed by atoms with Gasteiger partial charge in [0.2, 0.25) is 11.8 Å². The minimum absolute atomic E-state index is 0.0587. The average molecular weight is 435 g/mol. The second kappa shape index (κ2) is 8.20. The lowest BCUT2D eigenvalue weighted by Crippen LogP contribution is -2.50. The molecule has 2 aliphatic rings. The first-order valence-corrected chi connectivity index (χ1v) is 9.99. The molecule has 164 valence electrons. The summed E-state index contributed by atoms with van der Waals surface area (Å²) in [7, 11) is 0. The first kappa shape index (κ1) is 21.1. The van der Waals surface area contributed by atoms with Gasteiger partial charge in [0.05, 0.1) is 11.5 Å². The number of rotatable bonds is 3. The van der Waals surface area contributed by atoms with Gasteiger partial charge in [0.15, 0.2) is 0 Å². The molecule has 2 aromatic carbocycles. The van der Waals surface area contributed by atoms with Gasteiger partial charge in [0.1, 0.15) is 5.82 Å². The average Bonchev–Trinajstić information content (AvgIpc) is 3.14. The van der Waals surface area contributed by atoms with Crippen molar-refractivity contribution in [1.29, 1.82) is 0 Å². The quantitative estimate of drug-likeness (QED) is 0.693. The van der Waals surface area contributed by atoms with E-state index in [-0.39, 0.29) is 24.8 Å². The smallest absolute Gasteiger partial charge is 0.368 e. The van der Waals surface area contributed by atoms with E-state index in [9.17, 15) is 27.2 Å². The summed E-state index contributed by atoms with van der Waals surface area (Å²) in [4.78, 5) is 30.2. The van der Waals surface area contributed by atoms with Crippen molar-refractivity contribution in [3.05, 3.63) is 59.9 Å². The molecule has 9 heteroatoms. The summed E-state index contributed by atoms with van der Waals surface area (Å²) in [6, 6.07) is 10.8. The second-order valence-corrected chi connectivity index (χ2v) is 7.75. The molecule has 2 saturated heterocycles. The molecule has 0 aromatic heterocycles. The number of anilines is 2. The van der Waals surface area contributed by atoms with E-state index in [0.717, 1.165) is 12.1 Å². The third-order valence-corrected chi connectivity index (χ3v) is 5.72. The molecule has 0 aliphatic carbocycles. The summed E-state index contributed by atoms with van der Waals surface area (Å²) in [6.07, 6.45) is -4.35. The van der Waals surface area contributed by atoms with E-state index in [2.05, 4.69) is 0 Å². The van der Waals surface area contributed by atoms with Crippen LogP contribution >= 0.6 is 0 Å². The molecule has 4 rings (SSSR count). The molecule has 0 radical (unpaired) electrons. The van der Waals surface area contributed by atoms with Crippen molar-refractivity contribution in [3.63, 3.8) is 0 Å². The van der Waals surface area contributed by atoms with Crippen molar-refractivity contribution in [2.24, 2.45) is 5.92 Å². The Balaban J connectivity index is 1.37. The Labute approximate surface area is 176 Å². The Morgan fingerprint density at radius 3 is 2.29 bits per heavy atom. The highest BCUT2D eigenvalue weighted by atomic mass is 19.4. The third kappa shape index (κ3) is 4.50. The fourth-order valence-electron chi connectivity index (χ4n) is 4.09. The summed E-state index contributed by atoms with van der Waals surface area (Å²) in [6.45, 7) is 1.72. The summed E-state index contributed by atoms with van der Waals surface area (Å²) in [5, 5.41) is 0. The molecule has 2 aliphatic heterocycles. The van der Waals surface area contributed by atoms with Crippen LogP contribution in [0, 0.1) is 11.7 Å². The molecule has 0 unspecified atom stereocenters. The Morgan fingerprint density at radius 2 is 1.61 bits per heavy atom. The normalized spacial score (nSPS) is 19.8. The van der Waals surface area contributed by atoms with Crippen LogP contribution in [0.3, 0.4) is 0 Å². The molecule has 2 amide bonds. The van der Waals surface area contributed by atoms with Crippen molar-refractivity contribution in [2.45, 2.75) is 12.6 Å². The van der Waals surface area contributed by atoms with Crippen LogP contribution in [0.1, 0.15) is 12.0 Å². The van der Waals surface area contributed by atoms with Crippen molar-refractivity contribution < 1.29 is 27.2 Å².